The highest BCUT2D eigenvalue weighted by atomic mass is 35.5. The minimum atomic E-state index is -0.327. The zero-order chi connectivity index (χ0) is 14.6. The van der Waals surface area contributed by atoms with Gasteiger partial charge >= 0.3 is 0 Å². The predicted octanol–water partition coefficient (Wildman–Crippen LogP) is 5.08. The van der Waals surface area contributed by atoms with Gasteiger partial charge in [-0.1, -0.05) is 46.4 Å². The van der Waals surface area contributed by atoms with Crippen molar-refractivity contribution in [3.63, 3.8) is 0 Å². The van der Waals surface area contributed by atoms with E-state index in [-0.39, 0.29) is 53.9 Å². The van der Waals surface area contributed by atoms with E-state index in [1.807, 2.05) is 0 Å². The lowest BCUT2D eigenvalue weighted by atomic mass is 9.84. The summed E-state index contributed by atoms with van der Waals surface area (Å²) in [6.07, 6.45) is 0. The normalized spacial score (nSPS) is 13.2. The summed E-state index contributed by atoms with van der Waals surface area (Å²) in [6, 6.07) is 5.58. The maximum Gasteiger partial charge on any atom is 0.194 e. The number of hydrogen-bond donors (Lipinski definition) is 0. The van der Waals surface area contributed by atoms with E-state index in [0.717, 1.165) is 0 Å². The number of carbonyl (C=O) groups excluding carboxylic acids is 2. The number of halogens is 4. The summed E-state index contributed by atoms with van der Waals surface area (Å²) in [5.74, 6) is -0.654. The van der Waals surface area contributed by atoms with Gasteiger partial charge in [-0.05, 0) is 24.3 Å². The number of ketones is 2. The highest BCUT2D eigenvalue weighted by Crippen LogP contribution is 2.36. The van der Waals surface area contributed by atoms with Crippen LogP contribution in [-0.2, 0) is 0 Å². The highest BCUT2D eigenvalue weighted by Gasteiger charge is 2.31. The van der Waals surface area contributed by atoms with Gasteiger partial charge in [0.25, 0.3) is 0 Å². The molecule has 0 aliphatic heterocycles. The molecule has 0 heterocycles. The van der Waals surface area contributed by atoms with E-state index in [1.165, 1.54) is 24.3 Å². The second kappa shape index (κ2) is 4.74. The molecule has 2 aromatic rings. The van der Waals surface area contributed by atoms with Crippen molar-refractivity contribution in [1.29, 1.82) is 0 Å². The van der Waals surface area contributed by atoms with Crippen molar-refractivity contribution in [2.24, 2.45) is 0 Å². The summed E-state index contributed by atoms with van der Waals surface area (Å²) < 4.78 is 0. The van der Waals surface area contributed by atoms with Crippen LogP contribution in [0.1, 0.15) is 31.8 Å². The van der Waals surface area contributed by atoms with Crippen LogP contribution < -0.4 is 0 Å². The standard InChI is InChI=1S/C14H4Cl4O2/c15-9-1-5-6(2-10(9)16)14(20)8-4-12(18)11(17)3-7(8)13(5)19/h1-4H. The average molecular weight is 346 g/mol. The number of carbonyl (C=O) groups is 2. The van der Waals surface area contributed by atoms with Crippen LogP contribution in [0.15, 0.2) is 24.3 Å². The van der Waals surface area contributed by atoms with Crippen LogP contribution in [0.2, 0.25) is 20.1 Å². The number of benzene rings is 2. The lowest BCUT2D eigenvalue weighted by Gasteiger charge is -2.18. The van der Waals surface area contributed by atoms with Gasteiger partial charge in [-0.2, -0.15) is 0 Å². The third-order valence-electron chi connectivity index (χ3n) is 3.10. The molecule has 1 aliphatic rings. The van der Waals surface area contributed by atoms with Gasteiger partial charge in [0, 0.05) is 22.3 Å². The van der Waals surface area contributed by atoms with Crippen LogP contribution in [0.4, 0.5) is 0 Å². The Kier molecular flexibility index (Phi) is 3.30. The van der Waals surface area contributed by atoms with E-state index >= 15 is 0 Å². The molecule has 0 fully saturated rings. The summed E-state index contributed by atoms with van der Waals surface area (Å²) in [5, 5.41) is 0.871. The first-order valence-electron chi connectivity index (χ1n) is 5.47. The van der Waals surface area contributed by atoms with Gasteiger partial charge in [-0.25, -0.2) is 0 Å². The van der Waals surface area contributed by atoms with E-state index in [9.17, 15) is 9.59 Å². The lowest BCUT2D eigenvalue weighted by molar-refractivity contribution is 0.0979. The molecule has 0 bridgehead atoms. The first kappa shape index (κ1) is 13.9. The zero-order valence-electron chi connectivity index (χ0n) is 9.64. The Bertz CT molecular complexity index is 667. The maximum absolute atomic E-state index is 12.4. The van der Waals surface area contributed by atoms with Crippen molar-refractivity contribution in [3.8, 4) is 0 Å². The second-order valence-corrected chi connectivity index (χ2v) is 5.91. The molecule has 0 radical (unpaired) electrons. The number of rotatable bonds is 0. The third kappa shape index (κ3) is 1.95. The Morgan fingerprint density at radius 1 is 0.500 bits per heavy atom. The van der Waals surface area contributed by atoms with E-state index in [2.05, 4.69) is 0 Å². The lowest BCUT2D eigenvalue weighted by Crippen LogP contribution is -2.21. The fourth-order valence-electron chi connectivity index (χ4n) is 2.14. The van der Waals surface area contributed by atoms with Crippen LogP contribution in [-0.4, -0.2) is 11.6 Å². The van der Waals surface area contributed by atoms with Gasteiger partial charge in [0.05, 0.1) is 20.1 Å². The van der Waals surface area contributed by atoms with Crippen LogP contribution in [0, 0.1) is 0 Å². The van der Waals surface area contributed by atoms with Crippen molar-refractivity contribution in [1.82, 2.24) is 0 Å². The molecule has 1 aliphatic carbocycles. The molecule has 0 aromatic heterocycles. The Hall–Kier alpha value is -1.06. The quantitative estimate of drug-likeness (QED) is 0.569. The predicted molar refractivity (Wildman–Crippen MR) is 79.8 cm³/mol. The monoisotopic (exact) mass is 344 g/mol. The van der Waals surface area contributed by atoms with Crippen LogP contribution >= 0.6 is 46.4 Å². The molecule has 6 heteroatoms. The van der Waals surface area contributed by atoms with Gasteiger partial charge in [0.1, 0.15) is 0 Å². The molecule has 0 N–H and O–H groups in total. The fraction of sp³-hybridized carbons (Fsp3) is 0. The fourth-order valence-corrected chi connectivity index (χ4v) is 2.79. The Morgan fingerprint density at radius 2 is 0.700 bits per heavy atom. The maximum atomic E-state index is 12.4. The van der Waals surface area contributed by atoms with Crippen molar-refractivity contribution in [3.05, 3.63) is 66.6 Å². The van der Waals surface area contributed by atoms with Gasteiger partial charge in [0.2, 0.25) is 0 Å². The van der Waals surface area contributed by atoms with E-state index < -0.39 is 0 Å². The number of hydrogen-bond acceptors (Lipinski definition) is 2. The summed E-state index contributed by atoms with van der Waals surface area (Å²) in [4.78, 5) is 24.8. The van der Waals surface area contributed by atoms with Crippen molar-refractivity contribution in [2.45, 2.75) is 0 Å². The van der Waals surface area contributed by atoms with E-state index in [4.69, 9.17) is 46.4 Å². The minimum Gasteiger partial charge on any atom is -0.289 e. The molecule has 3 rings (SSSR count). The van der Waals surface area contributed by atoms with Gasteiger partial charge in [-0.15, -0.1) is 0 Å². The summed E-state index contributed by atoms with van der Waals surface area (Å²) in [6.45, 7) is 0. The average Bonchev–Trinajstić information content (AvgIpc) is 2.41. The molecular formula is C14H4Cl4O2. The molecule has 0 atom stereocenters. The second-order valence-electron chi connectivity index (χ2n) is 4.28. The van der Waals surface area contributed by atoms with Crippen LogP contribution in [0.5, 0.6) is 0 Å². The SMILES string of the molecule is O=C1c2cc(Cl)c(Cl)cc2C(=O)c2cc(Cl)c(Cl)cc21. The third-order valence-corrected chi connectivity index (χ3v) is 4.54. The van der Waals surface area contributed by atoms with Gasteiger partial charge < -0.3 is 0 Å². The van der Waals surface area contributed by atoms with Gasteiger partial charge in [-0.3, -0.25) is 9.59 Å². The smallest absolute Gasteiger partial charge is 0.194 e. The molecule has 0 spiro atoms. The van der Waals surface area contributed by atoms with Crippen molar-refractivity contribution in [2.75, 3.05) is 0 Å². The largest absolute Gasteiger partial charge is 0.289 e. The van der Waals surface area contributed by atoms with Crippen LogP contribution in [0.25, 0.3) is 0 Å². The first-order valence-corrected chi connectivity index (χ1v) is 6.99. The Labute approximate surface area is 134 Å². The molecule has 0 unspecified atom stereocenters. The first-order chi connectivity index (χ1) is 9.40. The summed E-state index contributed by atoms with van der Waals surface area (Å²) in [7, 11) is 0. The molecular weight excluding hydrogens is 342 g/mol. The van der Waals surface area contributed by atoms with Crippen molar-refractivity contribution < 1.29 is 9.59 Å². The molecule has 2 aromatic carbocycles. The molecule has 0 saturated heterocycles. The van der Waals surface area contributed by atoms with Crippen molar-refractivity contribution >= 4 is 58.0 Å². The minimum absolute atomic E-state index is 0.218. The zero-order valence-corrected chi connectivity index (χ0v) is 12.7. The van der Waals surface area contributed by atoms with Gasteiger partial charge in [0.15, 0.2) is 11.6 Å². The highest BCUT2D eigenvalue weighted by molar-refractivity contribution is 6.45. The molecule has 2 nitrogen and oxygen atoms in total. The molecule has 20 heavy (non-hydrogen) atoms. The summed E-state index contributed by atoms with van der Waals surface area (Å²) in [5.41, 5.74) is 0.871. The van der Waals surface area contributed by atoms with E-state index in [0.29, 0.717) is 0 Å². The number of fused-ring (bicyclic) bond motifs is 2. The Balaban J connectivity index is 2.33. The van der Waals surface area contributed by atoms with E-state index in [1.54, 1.807) is 0 Å². The Morgan fingerprint density at radius 3 is 0.900 bits per heavy atom. The van der Waals surface area contributed by atoms with Crippen LogP contribution in [0.3, 0.4) is 0 Å². The molecule has 0 saturated carbocycles. The topological polar surface area (TPSA) is 34.1 Å². The summed E-state index contributed by atoms with van der Waals surface area (Å²) >= 11 is 23.6. The molecule has 100 valence electrons. The molecule has 0 amide bonds.